The fourth-order valence-corrected chi connectivity index (χ4v) is 2.76. The lowest BCUT2D eigenvalue weighted by Gasteiger charge is -2.41. The maximum absolute atomic E-state index is 11.2. The van der Waals surface area contributed by atoms with E-state index in [0.29, 0.717) is 6.42 Å². The number of carboxylic acid groups (broad SMARTS) is 1. The van der Waals surface area contributed by atoms with Crippen LogP contribution in [0.4, 0.5) is 0 Å². The van der Waals surface area contributed by atoms with Crippen molar-refractivity contribution in [3.05, 3.63) is 0 Å². The van der Waals surface area contributed by atoms with Crippen LogP contribution in [-0.4, -0.2) is 35.4 Å². The Bertz CT molecular complexity index is 264. The van der Waals surface area contributed by atoms with Crippen molar-refractivity contribution in [1.29, 1.82) is 0 Å². The van der Waals surface area contributed by atoms with Gasteiger partial charge in [-0.2, -0.15) is 0 Å². The van der Waals surface area contributed by atoms with Crippen molar-refractivity contribution in [3.63, 3.8) is 0 Å². The molecule has 0 aromatic heterocycles. The van der Waals surface area contributed by atoms with Gasteiger partial charge in [-0.05, 0) is 32.1 Å². The average Bonchev–Trinajstić information content (AvgIpc) is 2.38. The van der Waals surface area contributed by atoms with Crippen LogP contribution in [0.1, 0.15) is 59.3 Å². The third-order valence-electron chi connectivity index (χ3n) is 4.09. The van der Waals surface area contributed by atoms with Crippen LogP contribution in [0.15, 0.2) is 0 Å². The molecule has 1 aliphatic heterocycles. The third kappa shape index (κ3) is 3.95. The molecule has 1 heterocycles. The molecular formula is C14H27NO3. The number of ether oxygens (including phenoxy) is 1. The van der Waals surface area contributed by atoms with E-state index in [0.717, 1.165) is 38.7 Å². The van der Waals surface area contributed by atoms with E-state index in [1.165, 1.54) is 0 Å². The number of hydrogen-bond donors (Lipinski definition) is 2. The molecule has 2 N–H and O–H groups in total. The van der Waals surface area contributed by atoms with Gasteiger partial charge in [0.2, 0.25) is 0 Å². The summed E-state index contributed by atoms with van der Waals surface area (Å²) >= 11 is 0. The fraction of sp³-hybridized carbons (Fsp3) is 0.929. The van der Waals surface area contributed by atoms with Crippen LogP contribution in [0.2, 0.25) is 0 Å². The van der Waals surface area contributed by atoms with Crippen molar-refractivity contribution in [2.45, 2.75) is 77.0 Å². The van der Waals surface area contributed by atoms with Crippen LogP contribution in [0.5, 0.6) is 0 Å². The fourth-order valence-electron chi connectivity index (χ4n) is 2.76. The van der Waals surface area contributed by atoms with E-state index < -0.39 is 12.0 Å². The van der Waals surface area contributed by atoms with Crippen LogP contribution >= 0.6 is 0 Å². The molecule has 1 saturated heterocycles. The molecule has 4 nitrogen and oxygen atoms in total. The molecule has 4 heteroatoms. The average molecular weight is 257 g/mol. The highest BCUT2D eigenvalue weighted by molar-refractivity contribution is 5.73. The van der Waals surface area contributed by atoms with Crippen molar-refractivity contribution < 1.29 is 14.6 Å². The maximum Gasteiger partial charge on any atom is 0.320 e. The molecule has 18 heavy (non-hydrogen) atoms. The zero-order valence-electron chi connectivity index (χ0n) is 11.9. The Hall–Kier alpha value is -0.610. The number of carbonyl (C=O) groups is 1. The second-order valence-corrected chi connectivity index (χ2v) is 5.27. The molecule has 2 unspecified atom stereocenters. The van der Waals surface area contributed by atoms with Crippen molar-refractivity contribution in [2.75, 3.05) is 6.61 Å². The third-order valence-corrected chi connectivity index (χ3v) is 4.09. The minimum Gasteiger partial charge on any atom is -0.480 e. The molecule has 106 valence electrons. The largest absolute Gasteiger partial charge is 0.480 e. The van der Waals surface area contributed by atoms with Gasteiger partial charge in [0.1, 0.15) is 6.04 Å². The van der Waals surface area contributed by atoms with E-state index in [4.69, 9.17) is 4.74 Å². The Morgan fingerprint density at radius 1 is 1.44 bits per heavy atom. The summed E-state index contributed by atoms with van der Waals surface area (Å²) in [5.74, 6) is -0.734. The summed E-state index contributed by atoms with van der Waals surface area (Å²) < 4.78 is 5.91. The number of aliphatic carboxylic acids is 1. The summed E-state index contributed by atoms with van der Waals surface area (Å²) in [5, 5.41) is 12.5. The van der Waals surface area contributed by atoms with E-state index in [1.807, 2.05) is 6.92 Å². The van der Waals surface area contributed by atoms with Crippen LogP contribution in [0.25, 0.3) is 0 Å². The van der Waals surface area contributed by atoms with Crippen LogP contribution < -0.4 is 5.32 Å². The Morgan fingerprint density at radius 3 is 2.61 bits per heavy atom. The molecule has 1 fully saturated rings. The summed E-state index contributed by atoms with van der Waals surface area (Å²) in [6.07, 6.45) is 5.40. The van der Waals surface area contributed by atoms with Gasteiger partial charge >= 0.3 is 5.97 Å². The van der Waals surface area contributed by atoms with Crippen LogP contribution in [0, 0.1) is 0 Å². The standard InChI is InChI=1S/C14H27NO3/c1-4-7-12(13(16)17)15-11-8-9-18-14(5-2,6-3)10-11/h11-12,15H,4-10H2,1-3H3,(H,16,17). The van der Waals surface area contributed by atoms with Gasteiger partial charge in [-0.3, -0.25) is 4.79 Å². The van der Waals surface area contributed by atoms with Crippen molar-refractivity contribution in [1.82, 2.24) is 5.32 Å². The van der Waals surface area contributed by atoms with E-state index in [1.54, 1.807) is 0 Å². The van der Waals surface area contributed by atoms with Gasteiger partial charge in [0.15, 0.2) is 0 Å². The lowest BCUT2D eigenvalue weighted by molar-refractivity contribution is -0.141. The van der Waals surface area contributed by atoms with E-state index >= 15 is 0 Å². The SMILES string of the molecule is CCCC(NC1CCOC(CC)(CC)C1)C(=O)O. The lowest BCUT2D eigenvalue weighted by atomic mass is 9.85. The minimum atomic E-state index is -0.734. The van der Waals surface area contributed by atoms with E-state index in [2.05, 4.69) is 19.2 Å². The molecular weight excluding hydrogens is 230 g/mol. The maximum atomic E-state index is 11.2. The highest BCUT2D eigenvalue weighted by atomic mass is 16.5. The normalized spacial score (nSPS) is 24.7. The summed E-state index contributed by atoms with van der Waals surface area (Å²) in [5.41, 5.74) is -0.0504. The van der Waals surface area contributed by atoms with E-state index in [-0.39, 0.29) is 11.6 Å². The minimum absolute atomic E-state index is 0.0504. The van der Waals surface area contributed by atoms with Crippen LogP contribution in [0.3, 0.4) is 0 Å². The second kappa shape index (κ2) is 7.10. The predicted molar refractivity (Wildman–Crippen MR) is 71.8 cm³/mol. The quantitative estimate of drug-likeness (QED) is 0.736. The Morgan fingerprint density at radius 2 is 2.11 bits per heavy atom. The lowest BCUT2D eigenvalue weighted by Crippen LogP contribution is -2.51. The predicted octanol–water partition coefficient (Wildman–Crippen LogP) is 2.57. The number of hydrogen-bond acceptors (Lipinski definition) is 3. The molecule has 0 saturated carbocycles. The topological polar surface area (TPSA) is 58.6 Å². The first-order valence-corrected chi connectivity index (χ1v) is 7.19. The molecule has 1 aliphatic rings. The van der Waals surface area contributed by atoms with Gasteiger partial charge in [-0.1, -0.05) is 27.2 Å². The van der Waals surface area contributed by atoms with Gasteiger partial charge in [-0.25, -0.2) is 0 Å². The molecule has 0 spiro atoms. The van der Waals surface area contributed by atoms with Gasteiger partial charge in [0.05, 0.1) is 5.60 Å². The van der Waals surface area contributed by atoms with Gasteiger partial charge in [-0.15, -0.1) is 0 Å². The highest BCUT2D eigenvalue weighted by Gasteiger charge is 2.35. The van der Waals surface area contributed by atoms with Crippen molar-refractivity contribution >= 4 is 5.97 Å². The summed E-state index contributed by atoms with van der Waals surface area (Å²) in [7, 11) is 0. The Labute approximate surface area is 110 Å². The second-order valence-electron chi connectivity index (χ2n) is 5.27. The summed E-state index contributed by atoms with van der Waals surface area (Å²) in [6.45, 7) is 7.04. The monoisotopic (exact) mass is 257 g/mol. The molecule has 0 aromatic rings. The first-order valence-electron chi connectivity index (χ1n) is 7.19. The summed E-state index contributed by atoms with van der Waals surface area (Å²) in [6, 6.07) is -0.143. The number of nitrogens with one attached hydrogen (secondary N) is 1. The number of rotatable bonds is 7. The molecule has 0 amide bonds. The van der Waals surface area contributed by atoms with Crippen LogP contribution in [-0.2, 0) is 9.53 Å². The smallest absolute Gasteiger partial charge is 0.320 e. The molecule has 0 aliphatic carbocycles. The summed E-state index contributed by atoms with van der Waals surface area (Å²) in [4.78, 5) is 11.2. The molecule has 0 aromatic carbocycles. The van der Waals surface area contributed by atoms with Crippen molar-refractivity contribution in [3.8, 4) is 0 Å². The Kier molecular flexibility index (Phi) is 6.09. The first kappa shape index (κ1) is 15.4. The van der Waals surface area contributed by atoms with E-state index in [9.17, 15) is 9.90 Å². The number of carboxylic acids is 1. The van der Waals surface area contributed by atoms with Crippen molar-refractivity contribution in [2.24, 2.45) is 0 Å². The molecule has 0 radical (unpaired) electrons. The molecule has 2 atom stereocenters. The first-order chi connectivity index (χ1) is 8.56. The Balaban J connectivity index is 2.58. The molecule has 0 bridgehead atoms. The van der Waals surface area contributed by atoms with Gasteiger partial charge in [0, 0.05) is 12.6 Å². The molecule has 1 rings (SSSR count). The zero-order valence-corrected chi connectivity index (χ0v) is 11.9. The van der Waals surface area contributed by atoms with Gasteiger partial charge < -0.3 is 15.2 Å². The zero-order chi connectivity index (χ0) is 13.6. The van der Waals surface area contributed by atoms with Gasteiger partial charge in [0.25, 0.3) is 0 Å². The highest BCUT2D eigenvalue weighted by Crippen LogP contribution is 2.31.